The molecule has 1 amide bonds. The van der Waals surface area contributed by atoms with E-state index in [1.54, 1.807) is 17.0 Å². The van der Waals surface area contributed by atoms with Crippen LogP contribution >= 0.6 is 11.8 Å². The van der Waals surface area contributed by atoms with Crippen molar-refractivity contribution in [3.8, 4) is 0 Å². The number of carbonyl (C=O) groups excluding carboxylic acids is 1. The molecule has 0 bridgehead atoms. The van der Waals surface area contributed by atoms with Crippen molar-refractivity contribution in [1.29, 1.82) is 0 Å². The predicted octanol–water partition coefficient (Wildman–Crippen LogP) is 0.677. The molecule has 0 unspecified atom stereocenters. The normalized spacial score (nSPS) is 17.0. The SMILES string of the molecule is O=C(NCc1cccnc1)[C@@H]1CSc2nccc(=O)n2C1. The zero-order valence-electron chi connectivity index (χ0n) is 11.2. The van der Waals surface area contributed by atoms with Crippen LogP contribution in [-0.4, -0.2) is 26.2 Å². The van der Waals surface area contributed by atoms with Crippen LogP contribution < -0.4 is 10.9 Å². The molecule has 0 spiro atoms. The van der Waals surface area contributed by atoms with Gasteiger partial charge in [0.05, 0.1) is 5.92 Å². The Morgan fingerprint density at radius 3 is 3.14 bits per heavy atom. The van der Waals surface area contributed by atoms with Gasteiger partial charge in [-0.1, -0.05) is 17.8 Å². The summed E-state index contributed by atoms with van der Waals surface area (Å²) in [6, 6.07) is 5.16. The van der Waals surface area contributed by atoms with Gasteiger partial charge in [-0.3, -0.25) is 19.1 Å². The minimum Gasteiger partial charge on any atom is -0.352 e. The van der Waals surface area contributed by atoms with Crippen LogP contribution in [-0.2, 0) is 17.9 Å². The van der Waals surface area contributed by atoms with Crippen LogP contribution in [0, 0.1) is 5.92 Å². The summed E-state index contributed by atoms with van der Waals surface area (Å²) in [6.45, 7) is 0.830. The van der Waals surface area contributed by atoms with Gasteiger partial charge in [0.2, 0.25) is 5.91 Å². The fraction of sp³-hybridized carbons (Fsp3) is 0.286. The molecule has 21 heavy (non-hydrogen) atoms. The van der Waals surface area contributed by atoms with E-state index >= 15 is 0 Å². The molecular formula is C14H14N4O2S. The molecule has 1 aliphatic heterocycles. The van der Waals surface area contributed by atoms with E-state index in [9.17, 15) is 9.59 Å². The van der Waals surface area contributed by atoms with E-state index in [-0.39, 0.29) is 17.4 Å². The summed E-state index contributed by atoms with van der Waals surface area (Å²) in [5, 5.41) is 3.57. The highest BCUT2D eigenvalue weighted by atomic mass is 32.2. The summed E-state index contributed by atoms with van der Waals surface area (Å²) in [7, 11) is 0. The average Bonchev–Trinajstić information content (AvgIpc) is 2.54. The lowest BCUT2D eigenvalue weighted by molar-refractivity contribution is -0.125. The van der Waals surface area contributed by atoms with Crippen molar-refractivity contribution >= 4 is 17.7 Å². The van der Waals surface area contributed by atoms with Crippen molar-refractivity contribution in [1.82, 2.24) is 19.9 Å². The number of carbonyl (C=O) groups is 1. The highest BCUT2D eigenvalue weighted by Gasteiger charge is 2.26. The average molecular weight is 302 g/mol. The van der Waals surface area contributed by atoms with Crippen LogP contribution in [0.3, 0.4) is 0 Å². The monoisotopic (exact) mass is 302 g/mol. The molecule has 0 fully saturated rings. The molecule has 2 aromatic heterocycles. The first-order chi connectivity index (χ1) is 10.2. The van der Waals surface area contributed by atoms with E-state index < -0.39 is 0 Å². The number of hydrogen-bond acceptors (Lipinski definition) is 5. The Balaban J connectivity index is 1.64. The number of aromatic nitrogens is 3. The molecule has 6 nitrogen and oxygen atoms in total. The van der Waals surface area contributed by atoms with Gasteiger partial charge in [0, 0.05) is 43.5 Å². The maximum atomic E-state index is 12.2. The third-order valence-corrected chi connectivity index (χ3v) is 4.43. The Morgan fingerprint density at radius 1 is 1.43 bits per heavy atom. The fourth-order valence-corrected chi connectivity index (χ4v) is 3.21. The van der Waals surface area contributed by atoms with Gasteiger partial charge in [-0.05, 0) is 11.6 Å². The second kappa shape index (κ2) is 6.09. The first-order valence-corrected chi connectivity index (χ1v) is 7.58. The Hall–Kier alpha value is -2.15. The van der Waals surface area contributed by atoms with Crippen LogP contribution in [0.15, 0.2) is 46.7 Å². The topological polar surface area (TPSA) is 76.9 Å². The first kappa shape index (κ1) is 13.8. The quantitative estimate of drug-likeness (QED) is 0.844. The Kier molecular flexibility index (Phi) is 4.01. The standard InChI is InChI=1S/C14H14N4O2S/c19-12-3-5-16-14-18(12)8-11(9-21-14)13(20)17-7-10-2-1-4-15-6-10/h1-6,11H,7-9H2,(H,17,20)/t11-/m0/s1. The molecular weight excluding hydrogens is 288 g/mol. The zero-order valence-corrected chi connectivity index (χ0v) is 12.0. The number of hydrogen-bond donors (Lipinski definition) is 1. The minimum absolute atomic E-state index is 0.0484. The molecule has 1 atom stereocenters. The summed E-state index contributed by atoms with van der Waals surface area (Å²) in [5.74, 6) is 0.365. The largest absolute Gasteiger partial charge is 0.352 e. The smallest absolute Gasteiger partial charge is 0.254 e. The molecule has 1 aliphatic rings. The minimum atomic E-state index is -0.221. The predicted molar refractivity (Wildman–Crippen MR) is 78.8 cm³/mol. The number of amides is 1. The summed E-state index contributed by atoms with van der Waals surface area (Å²) in [4.78, 5) is 32.2. The van der Waals surface area contributed by atoms with Crippen molar-refractivity contribution in [2.75, 3.05) is 5.75 Å². The molecule has 2 aromatic rings. The Bertz CT molecular complexity index is 702. The van der Waals surface area contributed by atoms with Gasteiger partial charge in [-0.15, -0.1) is 0 Å². The third kappa shape index (κ3) is 3.13. The maximum absolute atomic E-state index is 12.2. The molecule has 3 heterocycles. The van der Waals surface area contributed by atoms with Crippen molar-refractivity contribution in [3.63, 3.8) is 0 Å². The van der Waals surface area contributed by atoms with Crippen LogP contribution in [0.4, 0.5) is 0 Å². The lowest BCUT2D eigenvalue weighted by Crippen LogP contribution is -2.39. The van der Waals surface area contributed by atoms with Crippen LogP contribution in [0.5, 0.6) is 0 Å². The van der Waals surface area contributed by atoms with Gasteiger partial charge in [0.15, 0.2) is 5.16 Å². The molecule has 0 saturated heterocycles. The van der Waals surface area contributed by atoms with Gasteiger partial charge >= 0.3 is 0 Å². The van der Waals surface area contributed by atoms with E-state index in [4.69, 9.17) is 0 Å². The fourth-order valence-electron chi connectivity index (χ4n) is 2.15. The highest BCUT2D eigenvalue weighted by Crippen LogP contribution is 2.24. The number of rotatable bonds is 3. The van der Waals surface area contributed by atoms with Crippen molar-refractivity contribution in [2.45, 2.75) is 18.2 Å². The van der Waals surface area contributed by atoms with Crippen LogP contribution in [0.25, 0.3) is 0 Å². The summed E-state index contributed by atoms with van der Waals surface area (Å²) >= 11 is 1.44. The summed E-state index contributed by atoms with van der Waals surface area (Å²) in [5.41, 5.74) is 0.839. The molecule has 7 heteroatoms. The molecule has 0 radical (unpaired) electrons. The van der Waals surface area contributed by atoms with E-state index in [0.29, 0.717) is 24.0 Å². The highest BCUT2D eigenvalue weighted by molar-refractivity contribution is 7.99. The van der Waals surface area contributed by atoms with Gasteiger partial charge in [0.1, 0.15) is 0 Å². The number of pyridine rings is 1. The lowest BCUT2D eigenvalue weighted by atomic mass is 10.1. The zero-order chi connectivity index (χ0) is 14.7. The number of nitrogens with one attached hydrogen (secondary N) is 1. The maximum Gasteiger partial charge on any atom is 0.254 e. The Morgan fingerprint density at radius 2 is 2.33 bits per heavy atom. The second-order valence-electron chi connectivity index (χ2n) is 4.76. The molecule has 0 saturated carbocycles. The summed E-state index contributed by atoms with van der Waals surface area (Å²) in [6.07, 6.45) is 4.92. The number of thioether (sulfide) groups is 1. The van der Waals surface area contributed by atoms with Crippen molar-refractivity contribution < 1.29 is 4.79 Å². The molecule has 1 N–H and O–H groups in total. The molecule has 0 aromatic carbocycles. The summed E-state index contributed by atoms with van der Waals surface area (Å²) < 4.78 is 1.56. The van der Waals surface area contributed by atoms with E-state index in [2.05, 4.69) is 15.3 Å². The second-order valence-corrected chi connectivity index (χ2v) is 5.75. The van der Waals surface area contributed by atoms with E-state index in [1.165, 1.54) is 24.0 Å². The number of nitrogens with zero attached hydrogens (tertiary/aromatic N) is 3. The first-order valence-electron chi connectivity index (χ1n) is 6.59. The molecule has 0 aliphatic carbocycles. The number of fused-ring (bicyclic) bond motifs is 1. The van der Waals surface area contributed by atoms with Crippen molar-refractivity contribution in [2.24, 2.45) is 5.92 Å². The van der Waals surface area contributed by atoms with E-state index in [0.717, 1.165) is 5.56 Å². The van der Waals surface area contributed by atoms with Crippen LogP contribution in [0.2, 0.25) is 0 Å². The third-order valence-electron chi connectivity index (χ3n) is 3.28. The van der Waals surface area contributed by atoms with Gasteiger partial charge in [-0.25, -0.2) is 4.98 Å². The van der Waals surface area contributed by atoms with E-state index in [1.807, 2.05) is 12.1 Å². The van der Waals surface area contributed by atoms with Gasteiger partial charge < -0.3 is 5.32 Å². The molecule has 3 rings (SSSR count). The van der Waals surface area contributed by atoms with Crippen LogP contribution in [0.1, 0.15) is 5.56 Å². The van der Waals surface area contributed by atoms with Gasteiger partial charge in [0.25, 0.3) is 5.56 Å². The lowest BCUT2D eigenvalue weighted by Gasteiger charge is -2.23. The van der Waals surface area contributed by atoms with Gasteiger partial charge in [-0.2, -0.15) is 0 Å². The Labute approximate surface area is 125 Å². The van der Waals surface area contributed by atoms with Crippen molar-refractivity contribution in [3.05, 3.63) is 52.7 Å². The molecule has 108 valence electrons.